The van der Waals surface area contributed by atoms with E-state index in [9.17, 15) is 19.5 Å². The van der Waals surface area contributed by atoms with Crippen LogP contribution in [0.4, 0.5) is 4.79 Å². The number of hydrogen-bond acceptors (Lipinski definition) is 4. The molecule has 0 spiro atoms. The Morgan fingerprint density at radius 2 is 1.52 bits per heavy atom. The smallest absolute Gasteiger partial charge is 0.408 e. The van der Waals surface area contributed by atoms with Gasteiger partial charge in [-0.05, 0) is 17.5 Å². The third-order valence-corrected chi connectivity index (χ3v) is 4.12. The molecule has 7 nitrogen and oxygen atoms in total. The zero-order chi connectivity index (χ0) is 21.1. The van der Waals surface area contributed by atoms with Crippen LogP contribution in [0.3, 0.4) is 0 Å². The summed E-state index contributed by atoms with van der Waals surface area (Å²) >= 11 is 0. The van der Waals surface area contributed by atoms with Crippen LogP contribution in [0, 0.1) is 0 Å². The summed E-state index contributed by atoms with van der Waals surface area (Å²) < 4.78 is 5.18. The second-order valence-electron chi connectivity index (χ2n) is 6.37. The van der Waals surface area contributed by atoms with Crippen LogP contribution >= 0.6 is 0 Å². The van der Waals surface area contributed by atoms with Crippen molar-refractivity contribution in [2.75, 3.05) is 0 Å². The van der Waals surface area contributed by atoms with E-state index in [0.29, 0.717) is 0 Å². The first-order chi connectivity index (χ1) is 14.0. The average molecular weight is 396 g/mol. The Hall–Kier alpha value is -3.61. The molecule has 0 bridgehead atoms. The zero-order valence-electron chi connectivity index (χ0n) is 15.9. The number of aliphatic carboxylic acids is 1. The Balaban J connectivity index is 2.05. The van der Waals surface area contributed by atoms with E-state index < -0.39 is 30.1 Å². The Morgan fingerprint density at radius 3 is 2.07 bits per heavy atom. The van der Waals surface area contributed by atoms with E-state index in [4.69, 9.17) is 4.74 Å². The minimum absolute atomic E-state index is 0.0561. The highest BCUT2D eigenvalue weighted by atomic mass is 16.5. The van der Waals surface area contributed by atoms with E-state index in [-0.39, 0.29) is 19.4 Å². The lowest BCUT2D eigenvalue weighted by atomic mass is 10.0. The van der Waals surface area contributed by atoms with Crippen molar-refractivity contribution in [3.8, 4) is 0 Å². The van der Waals surface area contributed by atoms with Gasteiger partial charge in [0.1, 0.15) is 18.7 Å². The molecule has 152 valence electrons. The van der Waals surface area contributed by atoms with E-state index in [1.807, 2.05) is 60.7 Å². The van der Waals surface area contributed by atoms with E-state index >= 15 is 0 Å². The van der Waals surface area contributed by atoms with Crippen LogP contribution in [-0.2, 0) is 27.4 Å². The van der Waals surface area contributed by atoms with E-state index in [0.717, 1.165) is 11.1 Å². The van der Waals surface area contributed by atoms with Gasteiger partial charge in [-0.15, -0.1) is 6.58 Å². The molecule has 2 aromatic carbocycles. The molecule has 29 heavy (non-hydrogen) atoms. The number of hydrogen-bond donors (Lipinski definition) is 3. The number of carboxylic acids is 1. The zero-order valence-corrected chi connectivity index (χ0v) is 15.9. The van der Waals surface area contributed by atoms with Crippen molar-refractivity contribution in [2.45, 2.75) is 31.5 Å². The average Bonchev–Trinajstić information content (AvgIpc) is 2.73. The molecule has 0 saturated heterocycles. The number of carboxylic acid groups (broad SMARTS) is 1. The molecule has 0 fully saturated rings. The van der Waals surface area contributed by atoms with Crippen LogP contribution < -0.4 is 10.6 Å². The third-order valence-electron chi connectivity index (χ3n) is 4.12. The van der Waals surface area contributed by atoms with Crippen molar-refractivity contribution in [3.05, 3.63) is 84.4 Å². The molecule has 7 heteroatoms. The van der Waals surface area contributed by atoms with Crippen molar-refractivity contribution in [2.24, 2.45) is 0 Å². The van der Waals surface area contributed by atoms with E-state index in [1.54, 1.807) is 0 Å². The van der Waals surface area contributed by atoms with Gasteiger partial charge in [-0.25, -0.2) is 9.59 Å². The SMILES string of the molecule is C=CC[C@@H](NC(=O)[C@H](Cc1ccccc1)NC(=O)OCc1ccccc1)C(=O)O. The monoisotopic (exact) mass is 396 g/mol. The number of benzene rings is 2. The summed E-state index contributed by atoms with van der Waals surface area (Å²) in [6.45, 7) is 3.56. The summed E-state index contributed by atoms with van der Waals surface area (Å²) in [6.07, 6.45) is 0.901. The largest absolute Gasteiger partial charge is 0.480 e. The molecule has 0 aliphatic heterocycles. The maximum Gasteiger partial charge on any atom is 0.408 e. The molecular formula is C22H24N2O5. The van der Waals surface area contributed by atoms with Gasteiger partial charge < -0.3 is 20.5 Å². The fourth-order valence-corrected chi connectivity index (χ4v) is 2.63. The Bertz CT molecular complexity index is 824. The standard InChI is InChI=1S/C22H24N2O5/c1-2-9-18(21(26)27)23-20(25)19(14-16-10-5-3-6-11-16)24-22(28)29-15-17-12-7-4-8-13-17/h2-8,10-13,18-19H,1,9,14-15H2,(H,23,25)(H,24,28)(H,26,27)/t18-,19+/m1/s1. The van der Waals surface area contributed by atoms with Gasteiger partial charge in [-0.1, -0.05) is 66.7 Å². The molecule has 0 aliphatic rings. The molecule has 2 amide bonds. The number of alkyl carbamates (subject to hydrolysis) is 1. The van der Waals surface area contributed by atoms with Gasteiger partial charge >= 0.3 is 12.1 Å². The molecule has 0 aliphatic carbocycles. The van der Waals surface area contributed by atoms with Crippen molar-refractivity contribution >= 4 is 18.0 Å². The van der Waals surface area contributed by atoms with Gasteiger partial charge in [-0.3, -0.25) is 4.79 Å². The van der Waals surface area contributed by atoms with Crippen molar-refractivity contribution in [1.29, 1.82) is 0 Å². The number of nitrogens with one attached hydrogen (secondary N) is 2. The first kappa shape index (κ1) is 21.7. The minimum atomic E-state index is -1.18. The maximum absolute atomic E-state index is 12.7. The summed E-state index contributed by atoms with van der Waals surface area (Å²) in [5, 5.41) is 14.2. The third kappa shape index (κ3) is 7.50. The van der Waals surface area contributed by atoms with Crippen LogP contribution in [0.2, 0.25) is 0 Å². The molecule has 0 heterocycles. The van der Waals surface area contributed by atoms with Crippen molar-refractivity contribution in [3.63, 3.8) is 0 Å². The molecule has 2 aromatic rings. The highest BCUT2D eigenvalue weighted by Crippen LogP contribution is 2.06. The molecule has 0 saturated carbocycles. The minimum Gasteiger partial charge on any atom is -0.480 e. The number of amides is 2. The summed E-state index contributed by atoms with van der Waals surface area (Å²) in [6, 6.07) is 16.1. The van der Waals surface area contributed by atoms with E-state index in [1.165, 1.54) is 6.08 Å². The number of ether oxygens (including phenoxy) is 1. The predicted molar refractivity (Wildman–Crippen MR) is 108 cm³/mol. The van der Waals surface area contributed by atoms with Gasteiger partial charge in [0, 0.05) is 6.42 Å². The fourth-order valence-electron chi connectivity index (χ4n) is 2.63. The van der Waals surface area contributed by atoms with Crippen LogP contribution in [0.15, 0.2) is 73.3 Å². The molecule has 0 radical (unpaired) electrons. The highest BCUT2D eigenvalue weighted by Gasteiger charge is 2.26. The quantitative estimate of drug-likeness (QED) is 0.536. The normalized spacial score (nSPS) is 12.3. The molecule has 2 rings (SSSR count). The molecule has 3 N–H and O–H groups in total. The van der Waals surface area contributed by atoms with Gasteiger partial charge in [-0.2, -0.15) is 0 Å². The van der Waals surface area contributed by atoms with Gasteiger partial charge in [0.25, 0.3) is 0 Å². The Labute approximate surface area is 169 Å². The lowest BCUT2D eigenvalue weighted by Gasteiger charge is -2.21. The van der Waals surface area contributed by atoms with Crippen LogP contribution in [0.25, 0.3) is 0 Å². The maximum atomic E-state index is 12.7. The Morgan fingerprint density at radius 1 is 0.931 bits per heavy atom. The van der Waals surface area contributed by atoms with Gasteiger partial charge in [0.2, 0.25) is 5.91 Å². The van der Waals surface area contributed by atoms with Crippen LogP contribution in [0.1, 0.15) is 17.5 Å². The molecule has 0 unspecified atom stereocenters. The summed E-state index contributed by atoms with van der Waals surface area (Å²) in [5.74, 6) is -1.79. The van der Waals surface area contributed by atoms with E-state index in [2.05, 4.69) is 17.2 Å². The molecule has 0 aromatic heterocycles. The van der Waals surface area contributed by atoms with Crippen LogP contribution in [0.5, 0.6) is 0 Å². The second-order valence-corrected chi connectivity index (χ2v) is 6.37. The fraction of sp³-hybridized carbons (Fsp3) is 0.227. The lowest BCUT2D eigenvalue weighted by Crippen LogP contribution is -2.52. The summed E-state index contributed by atoms with van der Waals surface area (Å²) in [4.78, 5) is 36.2. The summed E-state index contributed by atoms with van der Waals surface area (Å²) in [7, 11) is 0. The number of carbonyl (C=O) groups excluding carboxylic acids is 2. The van der Waals surface area contributed by atoms with Gasteiger partial charge in [0.15, 0.2) is 0 Å². The first-order valence-electron chi connectivity index (χ1n) is 9.14. The molecule has 2 atom stereocenters. The van der Waals surface area contributed by atoms with Crippen molar-refractivity contribution < 1.29 is 24.2 Å². The Kier molecular flexibility index (Phi) is 8.44. The lowest BCUT2D eigenvalue weighted by molar-refractivity contribution is -0.142. The first-order valence-corrected chi connectivity index (χ1v) is 9.14. The number of carbonyl (C=O) groups is 3. The number of rotatable bonds is 10. The van der Waals surface area contributed by atoms with Crippen LogP contribution in [-0.4, -0.2) is 35.2 Å². The summed E-state index contributed by atoms with van der Waals surface area (Å²) in [5.41, 5.74) is 1.62. The highest BCUT2D eigenvalue weighted by molar-refractivity contribution is 5.89. The topological polar surface area (TPSA) is 105 Å². The molecular weight excluding hydrogens is 372 g/mol. The van der Waals surface area contributed by atoms with Gasteiger partial charge in [0.05, 0.1) is 0 Å². The predicted octanol–water partition coefficient (Wildman–Crippen LogP) is 2.67. The van der Waals surface area contributed by atoms with Crippen molar-refractivity contribution in [1.82, 2.24) is 10.6 Å². The second kappa shape index (κ2) is 11.3.